The van der Waals surface area contributed by atoms with Crippen molar-refractivity contribution in [2.24, 2.45) is 17.6 Å². The Balaban J connectivity index is 2.43. The van der Waals surface area contributed by atoms with Crippen molar-refractivity contribution in [2.45, 2.75) is 45.2 Å². The third-order valence-corrected chi connectivity index (χ3v) is 3.24. The molecular weight excluding hydrogens is 192 g/mol. The third kappa shape index (κ3) is 3.18. The van der Waals surface area contributed by atoms with Gasteiger partial charge in [0.15, 0.2) is 0 Å². The molecule has 0 bridgehead atoms. The van der Waals surface area contributed by atoms with E-state index in [2.05, 4.69) is 5.32 Å². The lowest BCUT2D eigenvalue weighted by Gasteiger charge is -2.22. The zero-order chi connectivity index (χ0) is 11.4. The molecule has 1 amide bonds. The predicted octanol–water partition coefficient (Wildman–Crippen LogP) is 0.247. The van der Waals surface area contributed by atoms with Crippen LogP contribution in [0.4, 0.5) is 0 Å². The van der Waals surface area contributed by atoms with Gasteiger partial charge in [0.2, 0.25) is 5.91 Å². The summed E-state index contributed by atoms with van der Waals surface area (Å²) >= 11 is 0. The number of amides is 1. The average Bonchev–Trinajstić information content (AvgIpc) is 2.63. The van der Waals surface area contributed by atoms with Gasteiger partial charge in [0.1, 0.15) is 0 Å². The summed E-state index contributed by atoms with van der Waals surface area (Å²) in [5.41, 5.74) is 5.75. The number of hydrogen-bond acceptors (Lipinski definition) is 3. The van der Waals surface area contributed by atoms with Gasteiger partial charge >= 0.3 is 0 Å². The van der Waals surface area contributed by atoms with Crippen molar-refractivity contribution >= 4 is 5.91 Å². The Morgan fingerprint density at radius 1 is 1.53 bits per heavy atom. The van der Waals surface area contributed by atoms with E-state index >= 15 is 0 Å². The number of carbonyl (C=O) groups excluding carboxylic acids is 1. The van der Waals surface area contributed by atoms with Crippen LogP contribution in [0.2, 0.25) is 0 Å². The number of nitrogens with one attached hydrogen (secondary N) is 1. The molecule has 0 aromatic carbocycles. The SMILES string of the molecule is CC(C)C(N)C(=O)NC1CCCC1CO. The second kappa shape index (κ2) is 5.47. The molecule has 88 valence electrons. The first kappa shape index (κ1) is 12.5. The highest BCUT2D eigenvalue weighted by molar-refractivity contribution is 5.82. The van der Waals surface area contributed by atoms with Crippen LogP contribution in [0.3, 0.4) is 0 Å². The molecule has 0 saturated heterocycles. The molecule has 4 nitrogen and oxygen atoms in total. The minimum Gasteiger partial charge on any atom is -0.396 e. The highest BCUT2D eigenvalue weighted by Crippen LogP contribution is 2.25. The lowest BCUT2D eigenvalue weighted by molar-refractivity contribution is -0.124. The van der Waals surface area contributed by atoms with E-state index in [0.717, 1.165) is 19.3 Å². The van der Waals surface area contributed by atoms with Crippen LogP contribution in [0.25, 0.3) is 0 Å². The zero-order valence-corrected chi connectivity index (χ0v) is 9.57. The Morgan fingerprint density at radius 2 is 2.20 bits per heavy atom. The molecule has 1 aliphatic carbocycles. The van der Waals surface area contributed by atoms with E-state index in [9.17, 15) is 4.79 Å². The molecule has 0 aromatic rings. The summed E-state index contributed by atoms with van der Waals surface area (Å²) in [6.07, 6.45) is 3.03. The van der Waals surface area contributed by atoms with E-state index in [-0.39, 0.29) is 30.4 Å². The minimum atomic E-state index is -0.440. The Kier molecular flexibility index (Phi) is 4.54. The van der Waals surface area contributed by atoms with Crippen molar-refractivity contribution in [2.75, 3.05) is 6.61 Å². The minimum absolute atomic E-state index is 0.0876. The molecule has 3 atom stereocenters. The maximum Gasteiger partial charge on any atom is 0.237 e. The molecule has 0 spiro atoms. The Morgan fingerprint density at radius 3 is 2.73 bits per heavy atom. The quantitative estimate of drug-likeness (QED) is 0.628. The molecule has 0 aromatic heterocycles. The molecule has 0 heterocycles. The Bertz CT molecular complexity index is 219. The average molecular weight is 214 g/mol. The van der Waals surface area contributed by atoms with Gasteiger partial charge in [-0.05, 0) is 18.8 Å². The number of rotatable bonds is 4. The first-order valence-corrected chi connectivity index (χ1v) is 5.73. The second-order valence-corrected chi connectivity index (χ2v) is 4.76. The van der Waals surface area contributed by atoms with Gasteiger partial charge in [-0.2, -0.15) is 0 Å². The summed E-state index contributed by atoms with van der Waals surface area (Å²) in [6.45, 7) is 4.02. The van der Waals surface area contributed by atoms with Crippen molar-refractivity contribution in [3.63, 3.8) is 0 Å². The molecule has 4 N–H and O–H groups in total. The highest BCUT2D eigenvalue weighted by atomic mass is 16.3. The second-order valence-electron chi connectivity index (χ2n) is 4.76. The standard InChI is InChI=1S/C11H22N2O2/c1-7(2)10(12)11(15)13-9-5-3-4-8(9)6-14/h7-10,14H,3-6,12H2,1-2H3,(H,13,15). The van der Waals surface area contributed by atoms with E-state index < -0.39 is 6.04 Å². The molecule has 1 saturated carbocycles. The fourth-order valence-corrected chi connectivity index (χ4v) is 2.03. The van der Waals surface area contributed by atoms with Gasteiger partial charge in [-0.1, -0.05) is 20.3 Å². The van der Waals surface area contributed by atoms with Crippen molar-refractivity contribution in [1.29, 1.82) is 0 Å². The Hall–Kier alpha value is -0.610. The lowest BCUT2D eigenvalue weighted by atomic mass is 10.0. The lowest BCUT2D eigenvalue weighted by Crippen LogP contribution is -2.49. The van der Waals surface area contributed by atoms with E-state index in [0.29, 0.717) is 0 Å². The van der Waals surface area contributed by atoms with Crippen LogP contribution in [-0.4, -0.2) is 29.7 Å². The number of hydrogen-bond donors (Lipinski definition) is 3. The maximum atomic E-state index is 11.7. The van der Waals surface area contributed by atoms with Crippen molar-refractivity contribution in [3.05, 3.63) is 0 Å². The van der Waals surface area contributed by atoms with Crippen LogP contribution in [-0.2, 0) is 4.79 Å². The zero-order valence-electron chi connectivity index (χ0n) is 9.57. The number of nitrogens with two attached hydrogens (primary N) is 1. The molecule has 1 aliphatic rings. The maximum absolute atomic E-state index is 11.7. The molecular formula is C11H22N2O2. The van der Waals surface area contributed by atoms with Crippen LogP contribution in [0, 0.1) is 11.8 Å². The molecule has 0 aliphatic heterocycles. The molecule has 4 heteroatoms. The summed E-state index contributed by atoms with van der Waals surface area (Å²) in [7, 11) is 0. The van der Waals surface area contributed by atoms with Gasteiger partial charge < -0.3 is 16.2 Å². The van der Waals surface area contributed by atoms with E-state index in [1.165, 1.54) is 0 Å². The third-order valence-electron chi connectivity index (χ3n) is 3.24. The van der Waals surface area contributed by atoms with Crippen LogP contribution < -0.4 is 11.1 Å². The van der Waals surface area contributed by atoms with Gasteiger partial charge in [0.05, 0.1) is 6.04 Å². The van der Waals surface area contributed by atoms with Gasteiger partial charge in [-0.25, -0.2) is 0 Å². The highest BCUT2D eigenvalue weighted by Gasteiger charge is 2.29. The normalized spacial score (nSPS) is 28.1. The van der Waals surface area contributed by atoms with Crippen molar-refractivity contribution in [3.8, 4) is 0 Å². The van der Waals surface area contributed by atoms with Gasteiger partial charge in [0, 0.05) is 18.6 Å². The fourth-order valence-electron chi connectivity index (χ4n) is 2.03. The first-order valence-electron chi connectivity index (χ1n) is 5.73. The summed E-state index contributed by atoms with van der Waals surface area (Å²) < 4.78 is 0. The van der Waals surface area contributed by atoms with E-state index in [4.69, 9.17) is 10.8 Å². The van der Waals surface area contributed by atoms with Crippen molar-refractivity contribution < 1.29 is 9.90 Å². The fraction of sp³-hybridized carbons (Fsp3) is 0.909. The van der Waals surface area contributed by atoms with Crippen LogP contribution in [0.5, 0.6) is 0 Å². The molecule has 1 rings (SSSR count). The number of aliphatic hydroxyl groups excluding tert-OH is 1. The van der Waals surface area contributed by atoms with Crippen LogP contribution >= 0.6 is 0 Å². The van der Waals surface area contributed by atoms with Gasteiger partial charge in [0.25, 0.3) is 0 Å². The largest absolute Gasteiger partial charge is 0.396 e. The topological polar surface area (TPSA) is 75.4 Å². The summed E-state index contributed by atoms with van der Waals surface area (Å²) in [5.74, 6) is 0.280. The van der Waals surface area contributed by atoms with Crippen molar-refractivity contribution in [1.82, 2.24) is 5.32 Å². The molecule has 1 fully saturated rings. The van der Waals surface area contributed by atoms with Crippen LogP contribution in [0.15, 0.2) is 0 Å². The number of carbonyl (C=O) groups is 1. The molecule has 3 unspecified atom stereocenters. The monoisotopic (exact) mass is 214 g/mol. The van der Waals surface area contributed by atoms with Gasteiger partial charge in [-0.15, -0.1) is 0 Å². The molecule has 0 radical (unpaired) electrons. The Labute approximate surface area is 91.2 Å². The van der Waals surface area contributed by atoms with E-state index in [1.54, 1.807) is 0 Å². The predicted molar refractivity (Wildman–Crippen MR) is 59.2 cm³/mol. The van der Waals surface area contributed by atoms with Gasteiger partial charge in [-0.3, -0.25) is 4.79 Å². The first-order chi connectivity index (χ1) is 7.06. The molecule has 15 heavy (non-hydrogen) atoms. The summed E-state index contributed by atoms with van der Waals surface area (Å²) in [4.78, 5) is 11.7. The summed E-state index contributed by atoms with van der Waals surface area (Å²) in [6, 6.07) is -0.322. The van der Waals surface area contributed by atoms with Crippen LogP contribution in [0.1, 0.15) is 33.1 Å². The smallest absolute Gasteiger partial charge is 0.237 e. The summed E-state index contributed by atoms with van der Waals surface area (Å²) in [5, 5.41) is 12.1. The number of aliphatic hydroxyl groups is 1. The van der Waals surface area contributed by atoms with E-state index in [1.807, 2.05) is 13.8 Å².